The average Bonchev–Trinajstić information content (AvgIpc) is 3.15. The van der Waals surface area contributed by atoms with Crippen molar-refractivity contribution < 1.29 is 18.3 Å². The van der Waals surface area contributed by atoms with Crippen LogP contribution in [0.15, 0.2) is 24.3 Å². The van der Waals surface area contributed by atoms with Crippen molar-refractivity contribution in [3.8, 4) is 0 Å². The van der Waals surface area contributed by atoms with Crippen LogP contribution in [0.2, 0.25) is 0 Å². The van der Waals surface area contributed by atoms with Crippen LogP contribution in [-0.2, 0) is 21.7 Å². The van der Waals surface area contributed by atoms with E-state index in [0.29, 0.717) is 4.88 Å². The number of carbonyl (C=O) groups is 1. The van der Waals surface area contributed by atoms with Gasteiger partial charge in [0.25, 0.3) is 5.91 Å². The third-order valence-electron chi connectivity index (χ3n) is 7.15. The van der Waals surface area contributed by atoms with Gasteiger partial charge in [-0.2, -0.15) is 0 Å². The van der Waals surface area contributed by atoms with E-state index in [0.717, 1.165) is 42.5 Å². The first-order chi connectivity index (χ1) is 15.8. The van der Waals surface area contributed by atoms with Gasteiger partial charge in [0, 0.05) is 23.1 Å². The molecule has 34 heavy (non-hydrogen) atoms. The number of sulfone groups is 1. The molecule has 0 radical (unpaired) electrons. The Kier molecular flexibility index (Phi) is 9.53. The Morgan fingerprint density at radius 2 is 1.71 bits per heavy atom. The topological polar surface area (TPSA) is 83.5 Å². The summed E-state index contributed by atoms with van der Waals surface area (Å²) in [6.07, 6.45) is 5.29. The summed E-state index contributed by atoms with van der Waals surface area (Å²) in [5.41, 5.74) is 3.80. The van der Waals surface area contributed by atoms with Crippen molar-refractivity contribution in [2.75, 3.05) is 18.6 Å². The summed E-state index contributed by atoms with van der Waals surface area (Å²) in [5, 5.41) is 13.1. The van der Waals surface area contributed by atoms with Crippen molar-refractivity contribution in [3.05, 3.63) is 56.3 Å². The van der Waals surface area contributed by atoms with Gasteiger partial charge >= 0.3 is 0 Å². The van der Waals surface area contributed by atoms with Crippen LogP contribution in [0.3, 0.4) is 0 Å². The summed E-state index contributed by atoms with van der Waals surface area (Å²) in [4.78, 5) is 14.6. The van der Waals surface area contributed by atoms with Gasteiger partial charge in [-0.1, -0.05) is 39.0 Å². The first kappa shape index (κ1) is 28.5. The van der Waals surface area contributed by atoms with Crippen LogP contribution in [0, 0.1) is 13.8 Å². The highest BCUT2D eigenvalue weighted by Crippen LogP contribution is 2.43. The lowest BCUT2D eigenvalue weighted by molar-refractivity contribution is 0.0473. The zero-order chi connectivity index (χ0) is 25.7. The van der Waals surface area contributed by atoms with Crippen LogP contribution >= 0.6 is 11.3 Å². The second-order valence-corrected chi connectivity index (χ2v) is 13.1. The summed E-state index contributed by atoms with van der Waals surface area (Å²) in [7, 11) is -3.12. The van der Waals surface area contributed by atoms with Gasteiger partial charge in [0.1, 0.15) is 9.84 Å². The first-order valence-electron chi connectivity index (χ1n) is 12.2. The third kappa shape index (κ3) is 6.92. The smallest absolute Gasteiger partial charge is 0.261 e. The molecule has 1 unspecified atom stereocenters. The molecule has 0 spiro atoms. The molecule has 1 amide bonds. The molecule has 7 heteroatoms. The molecule has 0 aliphatic rings. The fourth-order valence-corrected chi connectivity index (χ4v) is 6.29. The Labute approximate surface area is 209 Å². The second kappa shape index (κ2) is 11.4. The average molecular weight is 508 g/mol. The molecule has 2 rings (SSSR count). The number of hydrogen-bond donors (Lipinski definition) is 2. The highest BCUT2D eigenvalue weighted by atomic mass is 32.2. The fourth-order valence-electron chi connectivity index (χ4n) is 4.38. The SMILES string of the molecule is CCC(C)(O)CCc1ccc(C(CC)(CC)c2cc(C)c(C(=O)NCCS(C)(=O)=O)s2)cc1C. The number of thiophene rings is 1. The van der Waals surface area contributed by atoms with Gasteiger partial charge in [-0.25, -0.2) is 8.42 Å². The van der Waals surface area contributed by atoms with Crippen LogP contribution in [0.5, 0.6) is 0 Å². The van der Waals surface area contributed by atoms with Crippen molar-refractivity contribution in [2.45, 2.75) is 84.7 Å². The Balaban J connectivity index is 2.33. The Morgan fingerprint density at radius 3 is 2.24 bits per heavy atom. The minimum Gasteiger partial charge on any atom is -0.390 e. The van der Waals surface area contributed by atoms with Crippen molar-refractivity contribution in [1.29, 1.82) is 0 Å². The number of rotatable bonds is 12. The molecular weight excluding hydrogens is 466 g/mol. The molecule has 0 aliphatic carbocycles. The molecule has 0 aliphatic heterocycles. The lowest BCUT2D eigenvalue weighted by Crippen LogP contribution is -2.28. The maximum atomic E-state index is 12.8. The monoisotopic (exact) mass is 507 g/mol. The largest absolute Gasteiger partial charge is 0.390 e. The summed E-state index contributed by atoms with van der Waals surface area (Å²) < 4.78 is 22.8. The number of amides is 1. The zero-order valence-corrected chi connectivity index (χ0v) is 23.4. The predicted molar refractivity (Wildman–Crippen MR) is 143 cm³/mol. The Hall–Kier alpha value is -1.70. The fraction of sp³-hybridized carbons (Fsp3) is 0.593. The molecular formula is C27H41NO4S2. The van der Waals surface area contributed by atoms with E-state index >= 15 is 0 Å². The van der Waals surface area contributed by atoms with Crippen molar-refractivity contribution in [2.24, 2.45) is 0 Å². The van der Waals surface area contributed by atoms with Crippen molar-refractivity contribution in [1.82, 2.24) is 5.32 Å². The minimum absolute atomic E-state index is 0.0663. The number of benzene rings is 1. The third-order valence-corrected chi connectivity index (χ3v) is 9.54. The van der Waals surface area contributed by atoms with E-state index < -0.39 is 15.4 Å². The van der Waals surface area contributed by atoms with Crippen molar-refractivity contribution >= 4 is 27.1 Å². The molecule has 190 valence electrons. The molecule has 1 heterocycles. The minimum atomic E-state index is -3.12. The van der Waals surface area contributed by atoms with Gasteiger partial charge in [-0.3, -0.25) is 4.79 Å². The molecule has 1 aromatic heterocycles. The number of aryl methyl sites for hydroxylation is 3. The highest BCUT2D eigenvalue weighted by molar-refractivity contribution is 7.90. The van der Waals surface area contributed by atoms with Gasteiger partial charge in [0.15, 0.2) is 0 Å². The van der Waals surface area contributed by atoms with E-state index in [1.807, 2.05) is 20.8 Å². The summed E-state index contributed by atoms with van der Waals surface area (Å²) in [6.45, 7) is 12.5. The maximum Gasteiger partial charge on any atom is 0.261 e. The molecule has 2 aromatic rings. The number of aliphatic hydroxyl groups is 1. The summed E-state index contributed by atoms with van der Waals surface area (Å²) >= 11 is 1.51. The molecule has 1 atom stereocenters. The van der Waals surface area contributed by atoms with E-state index in [2.05, 4.69) is 50.4 Å². The number of nitrogens with one attached hydrogen (secondary N) is 1. The van der Waals surface area contributed by atoms with Gasteiger partial charge in [0.2, 0.25) is 0 Å². The lowest BCUT2D eigenvalue weighted by Gasteiger charge is -2.32. The molecule has 2 N–H and O–H groups in total. The van der Waals surface area contributed by atoms with Gasteiger partial charge < -0.3 is 10.4 Å². The molecule has 0 saturated heterocycles. The van der Waals surface area contributed by atoms with Crippen LogP contribution in [0.1, 0.15) is 90.2 Å². The van der Waals surface area contributed by atoms with Crippen LogP contribution < -0.4 is 5.32 Å². The number of hydrogen-bond acceptors (Lipinski definition) is 5. The molecule has 1 aromatic carbocycles. The Morgan fingerprint density at radius 1 is 1.06 bits per heavy atom. The van der Waals surface area contributed by atoms with Gasteiger partial charge in [0.05, 0.1) is 16.2 Å². The zero-order valence-electron chi connectivity index (χ0n) is 21.7. The quantitative estimate of drug-likeness (QED) is 0.406. The van der Waals surface area contributed by atoms with E-state index in [-0.39, 0.29) is 23.6 Å². The molecule has 5 nitrogen and oxygen atoms in total. The van der Waals surface area contributed by atoms with E-state index in [4.69, 9.17) is 0 Å². The maximum absolute atomic E-state index is 12.8. The highest BCUT2D eigenvalue weighted by Gasteiger charge is 2.34. The van der Waals surface area contributed by atoms with Gasteiger partial charge in [-0.15, -0.1) is 11.3 Å². The van der Waals surface area contributed by atoms with Crippen LogP contribution in [0.4, 0.5) is 0 Å². The summed E-state index contributed by atoms with van der Waals surface area (Å²) in [6, 6.07) is 8.78. The van der Waals surface area contributed by atoms with Gasteiger partial charge in [-0.05, 0) is 81.2 Å². The number of carbonyl (C=O) groups excluding carboxylic acids is 1. The molecule has 0 fully saturated rings. The van der Waals surface area contributed by atoms with Crippen LogP contribution in [0.25, 0.3) is 0 Å². The Bertz CT molecular complexity index is 1100. The van der Waals surface area contributed by atoms with E-state index in [9.17, 15) is 18.3 Å². The normalized spacial score (nSPS) is 14.1. The lowest BCUT2D eigenvalue weighted by atomic mass is 9.73. The first-order valence-corrected chi connectivity index (χ1v) is 15.1. The standard InChI is InChI=1S/C27H41NO4S2/c1-8-26(6,30)14-13-21-11-12-22(17-19(21)4)27(9-2,10-3)23-18-20(5)24(33-23)25(29)28-15-16-34(7,31)32/h11-12,17-18,30H,8-10,13-16H2,1-7H3,(H,28,29). The van der Waals surface area contributed by atoms with Crippen LogP contribution in [-0.4, -0.2) is 43.6 Å². The molecule has 0 saturated carbocycles. The second-order valence-electron chi connectivity index (χ2n) is 9.79. The van der Waals surface area contributed by atoms with E-state index in [1.54, 1.807) is 0 Å². The molecule has 0 bridgehead atoms. The van der Waals surface area contributed by atoms with Crippen molar-refractivity contribution in [3.63, 3.8) is 0 Å². The summed E-state index contributed by atoms with van der Waals surface area (Å²) in [5.74, 6) is -0.281. The van der Waals surface area contributed by atoms with E-state index in [1.165, 1.54) is 34.3 Å². The predicted octanol–water partition coefficient (Wildman–Crippen LogP) is 5.34.